The van der Waals surface area contributed by atoms with E-state index in [1.807, 2.05) is 37.3 Å². The molecule has 1 aliphatic carbocycles. The van der Waals surface area contributed by atoms with Crippen LogP contribution < -0.4 is 19.4 Å². The molecule has 0 saturated carbocycles. The van der Waals surface area contributed by atoms with E-state index < -0.39 is 21.8 Å². The fourth-order valence-corrected chi connectivity index (χ4v) is 5.62. The molecule has 9 nitrogen and oxygen atoms in total. The summed E-state index contributed by atoms with van der Waals surface area (Å²) in [6, 6.07) is 13.1. The van der Waals surface area contributed by atoms with E-state index >= 15 is 4.39 Å². The number of aryl methyl sites for hydroxylation is 1. The number of aromatic nitrogens is 3. The lowest BCUT2D eigenvalue weighted by molar-refractivity contribution is -0.113. The van der Waals surface area contributed by atoms with Crippen LogP contribution in [0.1, 0.15) is 16.7 Å². The van der Waals surface area contributed by atoms with Crippen LogP contribution in [0.5, 0.6) is 11.8 Å². The van der Waals surface area contributed by atoms with E-state index in [1.165, 1.54) is 19.3 Å². The Kier molecular flexibility index (Phi) is 5.96. The summed E-state index contributed by atoms with van der Waals surface area (Å²) >= 11 is 0. The van der Waals surface area contributed by atoms with Crippen LogP contribution in [0, 0.1) is 12.7 Å². The van der Waals surface area contributed by atoms with Crippen LogP contribution in [-0.4, -0.2) is 36.2 Å². The Labute approximate surface area is 222 Å². The number of carbonyl (C=O) groups is 1. The summed E-state index contributed by atoms with van der Waals surface area (Å²) in [6.45, 7) is 1.92. The highest BCUT2D eigenvalue weighted by atomic mass is 32.2. The standard InChI is InChI=1S/C28H22FN5O4S/c1-15-10-19-12-20(38-28-32-7-3-8-33-28)11-16-4-5-17-14-22(35)21(23(15)25(17)24(16)19)13-18-6-9-31-27(26(18)29)34-39(36,37)30-2/h3-12,30H,13-14H2,1-2H3,(H,31,34). The Morgan fingerprint density at radius 2 is 1.77 bits per heavy atom. The summed E-state index contributed by atoms with van der Waals surface area (Å²) in [5.74, 6) is -0.788. The predicted molar refractivity (Wildman–Crippen MR) is 145 cm³/mol. The third kappa shape index (κ3) is 4.45. The first-order chi connectivity index (χ1) is 18.7. The molecule has 196 valence electrons. The van der Waals surface area contributed by atoms with Crippen molar-refractivity contribution >= 4 is 48.9 Å². The second-order valence-corrected chi connectivity index (χ2v) is 10.9. The Balaban J connectivity index is 1.52. The first kappa shape index (κ1) is 24.8. The fraction of sp³-hybridized carbons (Fsp3) is 0.143. The topological polar surface area (TPSA) is 123 Å². The van der Waals surface area contributed by atoms with Gasteiger partial charge in [0.05, 0.1) is 0 Å². The smallest absolute Gasteiger partial charge is 0.321 e. The Hall–Kier alpha value is -4.48. The van der Waals surface area contributed by atoms with Gasteiger partial charge in [-0.05, 0) is 74.6 Å². The minimum absolute atomic E-state index is 0.0142. The van der Waals surface area contributed by atoms with Gasteiger partial charge in [0.1, 0.15) is 5.75 Å². The maximum Gasteiger partial charge on any atom is 0.321 e. The van der Waals surface area contributed by atoms with E-state index in [0.29, 0.717) is 11.3 Å². The van der Waals surface area contributed by atoms with Gasteiger partial charge in [0.2, 0.25) is 0 Å². The molecule has 0 bridgehead atoms. The second kappa shape index (κ2) is 9.37. The predicted octanol–water partition coefficient (Wildman–Crippen LogP) is 3.53. The molecule has 0 unspecified atom stereocenters. The molecule has 0 amide bonds. The second-order valence-electron chi connectivity index (χ2n) is 9.24. The quantitative estimate of drug-likeness (QED) is 0.322. The molecule has 1 aliphatic rings. The van der Waals surface area contributed by atoms with Crippen LogP contribution in [0.4, 0.5) is 10.2 Å². The monoisotopic (exact) mass is 543 g/mol. The number of anilines is 1. The zero-order valence-electron chi connectivity index (χ0n) is 20.9. The fourth-order valence-electron chi connectivity index (χ4n) is 5.12. The summed E-state index contributed by atoms with van der Waals surface area (Å²) < 4.78 is 49.2. The number of Topliss-reactive ketones (excluding diaryl/α,β-unsaturated/α-hetero) is 1. The molecule has 2 heterocycles. The van der Waals surface area contributed by atoms with Gasteiger partial charge in [-0.1, -0.05) is 18.2 Å². The third-order valence-electron chi connectivity index (χ3n) is 6.80. The zero-order valence-corrected chi connectivity index (χ0v) is 21.8. The highest BCUT2D eigenvalue weighted by molar-refractivity contribution is 7.90. The van der Waals surface area contributed by atoms with Gasteiger partial charge in [-0.15, -0.1) is 0 Å². The molecule has 11 heteroatoms. The van der Waals surface area contributed by atoms with Crippen LogP contribution in [0.2, 0.25) is 0 Å². The number of hydrogen-bond donors (Lipinski definition) is 2. The number of benzene rings is 3. The normalized spacial score (nSPS) is 13.3. The third-order valence-corrected chi connectivity index (χ3v) is 7.80. The molecule has 2 N–H and O–H groups in total. The van der Waals surface area contributed by atoms with E-state index in [2.05, 4.69) is 24.4 Å². The average molecular weight is 544 g/mol. The minimum Gasteiger partial charge on any atom is -0.424 e. The lowest BCUT2D eigenvalue weighted by Crippen LogP contribution is -2.28. The van der Waals surface area contributed by atoms with E-state index in [0.717, 1.165) is 37.9 Å². The van der Waals surface area contributed by atoms with Crippen molar-refractivity contribution in [3.8, 4) is 11.8 Å². The molecule has 5 aromatic rings. The average Bonchev–Trinajstić information content (AvgIpc) is 2.91. The number of ketones is 1. The molecule has 0 atom stereocenters. The van der Waals surface area contributed by atoms with Crippen molar-refractivity contribution in [3.63, 3.8) is 0 Å². The Bertz CT molecular complexity index is 1960. The molecule has 6 rings (SSSR count). The summed E-state index contributed by atoms with van der Waals surface area (Å²) in [4.78, 5) is 25.5. The number of carbonyl (C=O) groups excluding carboxylic acids is 1. The maximum atomic E-state index is 15.3. The molecule has 39 heavy (non-hydrogen) atoms. The van der Waals surface area contributed by atoms with Gasteiger partial charge < -0.3 is 4.74 Å². The number of rotatable bonds is 7. The first-order valence-electron chi connectivity index (χ1n) is 12.1. The van der Waals surface area contributed by atoms with Crippen LogP contribution in [0.25, 0.3) is 27.1 Å². The van der Waals surface area contributed by atoms with Crippen molar-refractivity contribution in [3.05, 3.63) is 88.8 Å². The van der Waals surface area contributed by atoms with Crippen molar-refractivity contribution in [1.29, 1.82) is 0 Å². The van der Waals surface area contributed by atoms with Crippen molar-refractivity contribution in [2.24, 2.45) is 0 Å². The molecule has 0 saturated heterocycles. The van der Waals surface area contributed by atoms with E-state index in [1.54, 1.807) is 18.5 Å². The van der Waals surface area contributed by atoms with Gasteiger partial charge >= 0.3 is 6.01 Å². The van der Waals surface area contributed by atoms with Crippen LogP contribution >= 0.6 is 0 Å². The van der Waals surface area contributed by atoms with E-state index in [9.17, 15) is 13.2 Å². The number of halogens is 1. The van der Waals surface area contributed by atoms with Crippen molar-refractivity contribution < 1.29 is 22.3 Å². The maximum absolute atomic E-state index is 15.3. The van der Waals surface area contributed by atoms with Gasteiger partial charge in [0.25, 0.3) is 10.2 Å². The van der Waals surface area contributed by atoms with Gasteiger partial charge in [0.15, 0.2) is 17.4 Å². The molecular weight excluding hydrogens is 521 g/mol. The highest BCUT2D eigenvalue weighted by Crippen LogP contribution is 2.36. The van der Waals surface area contributed by atoms with Crippen LogP contribution in [-0.2, 0) is 27.8 Å². The first-order valence-corrected chi connectivity index (χ1v) is 13.6. The number of pyridine rings is 1. The molecular formula is C28H22FN5O4S. The van der Waals surface area contributed by atoms with Gasteiger partial charge in [-0.2, -0.15) is 8.42 Å². The molecule has 0 fully saturated rings. The highest BCUT2D eigenvalue weighted by Gasteiger charge is 2.25. The lowest BCUT2D eigenvalue weighted by atomic mass is 9.82. The number of nitrogens with zero attached hydrogens (tertiary/aromatic N) is 3. The number of nitrogens with one attached hydrogen (secondary N) is 2. The summed E-state index contributed by atoms with van der Waals surface area (Å²) in [5, 5.41) is 4.56. The van der Waals surface area contributed by atoms with E-state index in [-0.39, 0.29) is 30.2 Å². The summed E-state index contributed by atoms with van der Waals surface area (Å²) in [7, 11) is -2.76. The molecule has 2 aromatic heterocycles. The Morgan fingerprint density at radius 3 is 2.54 bits per heavy atom. The van der Waals surface area contributed by atoms with E-state index in [4.69, 9.17) is 4.74 Å². The summed E-state index contributed by atoms with van der Waals surface area (Å²) in [6.07, 6.45) is 4.69. The largest absolute Gasteiger partial charge is 0.424 e. The van der Waals surface area contributed by atoms with Crippen molar-refractivity contribution in [2.45, 2.75) is 19.8 Å². The van der Waals surface area contributed by atoms with Crippen molar-refractivity contribution in [1.82, 2.24) is 19.7 Å². The number of ether oxygens (including phenoxy) is 1. The molecule has 3 aromatic carbocycles. The zero-order chi connectivity index (χ0) is 27.3. The van der Waals surface area contributed by atoms with Crippen LogP contribution in [0.3, 0.4) is 0 Å². The van der Waals surface area contributed by atoms with Crippen molar-refractivity contribution in [2.75, 3.05) is 11.8 Å². The van der Waals surface area contributed by atoms with Gasteiger partial charge in [-0.3, -0.25) is 9.52 Å². The Morgan fingerprint density at radius 1 is 1.00 bits per heavy atom. The summed E-state index contributed by atoms with van der Waals surface area (Å²) in [5.41, 5.74) is 2.39. The van der Waals surface area contributed by atoms with Gasteiger partial charge in [0, 0.05) is 44.1 Å². The van der Waals surface area contributed by atoms with Crippen LogP contribution in [0.15, 0.2) is 61.1 Å². The molecule has 0 spiro atoms. The minimum atomic E-state index is -3.97. The lowest BCUT2D eigenvalue weighted by Gasteiger charge is -2.21. The molecule has 0 aliphatic heterocycles. The molecule has 0 radical (unpaired) electrons. The SMILES string of the molecule is CNS(=O)(=O)Nc1nccc(CC2=c3c(C)cc4cc(Oc5ncccn5)cc5ccc(c3c54)CC2=O)c1F. The van der Waals surface area contributed by atoms with Gasteiger partial charge in [-0.25, -0.2) is 24.1 Å². The number of hydrogen-bond acceptors (Lipinski definition) is 7.